The van der Waals surface area contributed by atoms with Crippen LogP contribution < -0.4 is 15.0 Å². The van der Waals surface area contributed by atoms with E-state index in [4.69, 9.17) is 4.74 Å². The molecule has 6 nitrogen and oxygen atoms in total. The van der Waals surface area contributed by atoms with E-state index < -0.39 is 40.9 Å². The average Bonchev–Trinajstić information content (AvgIpc) is 3.49. The summed E-state index contributed by atoms with van der Waals surface area (Å²) in [6.45, 7) is 1.97. The molecule has 7 rings (SSSR count). The van der Waals surface area contributed by atoms with Crippen LogP contribution in [0.25, 0.3) is 5.57 Å². The highest BCUT2D eigenvalue weighted by molar-refractivity contribution is 6.18. The number of hydrogen-bond acceptors (Lipinski definition) is 5. The molecule has 4 atom stereocenters. The monoisotopic (exact) mass is 558 g/mol. The van der Waals surface area contributed by atoms with Crippen molar-refractivity contribution in [2.24, 2.45) is 5.92 Å². The van der Waals surface area contributed by atoms with Crippen molar-refractivity contribution in [3.63, 3.8) is 0 Å². The Hall–Kier alpha value is -5.04. The van der Waals surface area contributed by atoms with E-state index >= 15 is 4.39 Å². The van der Waals surface area contributed by atoms with Gasteiger partial charge in [0.25, 0.3) is 0 Å². The number of carbonyl (C=O) groups excluding carboxylic acids is 3. The van der Waals surface area contributed by atoms with Crippen LogP contribution in [-0.2, 0) is 10.2 Å². The standard InChI is InChI=1S/C35H27FN2O4/c1-20-18-29-35(25-14-5-7-16-27(25)37-34(35)41)30(33(40)24-13-3-6-15-26(24)36)31(38(29)28-17-8-4-12-23(20)28)32(39)21-10-9-11-22(19-21)42-2/h3-19,29-31H,1-2H3,(H,37,41)/t29-,30+,31-,35-/m1/s1. The Morgan fingerprint density at radius 1 is 0.905 bits per heavy atom. The zero-order chi connectivity index (χ0) is 29.2. The molecular weight excluding hydrogens is 531 g/mol. The van der Waals surface area contributed by atoms with E-state index in [1.807, 2.05) is 60.4 Å². The summed E-state index contributed by atoms with van der Waals surface area (Å²) >= 11 is 0. The molecular formula is C35H27FN2O4. The fraction of sp³-hybridized carbons (Fsp3) is 0.171. The topological polar surface area (TPSA) is 75.7 Å². The summed E-state index contributed by atoms with van der Waals surface area (Å²) < 4.78 is 20.7. The zero-order valence-electron chi connectivity index (χ0n) is 23.0. The van der Waals surface area contributed by atoms with Crippen LogP contribution in [-0.4, -0.2) is 36.7 Å². The van der Waals surface area contributed by atoms with Crippen molar-refractivity contribution in [2.45, 2.75) is 24.4 Å². The van der Waals surface area contributed by atoms with Gasteiger partial charge in [0.05, 0.1) is 24.6 Å². The van der Waals surface area contributed by atoms with Gasteiger partial charge in [-0.15, -0.1) is 0 Å². The first-order chi connectivity index (χ1) is 20.4. The quantitative estimate of drug-likeness (QED) is 0.301. The summed E-state index contributed by atoms with van der Waals surface area (Å²) in [7, 11) is 1.52. The van der Waals surface area contributed by atoms with Crippen LogP contribution in [0.15, 0.2) is 103 Å². The Morgan fingerprint density at radius 3 is 2.45 bits per heavy atom. The minimum atomic E-state index is -1.51. The number of nitrogens with zero attached hydrogens (tertiary/aromatic N) is 1. The van der Waals surface area contributed by atoms with Crippen LogP contribution in [0.1, 0.15) is 38.8 Å². The van der Waals surface area contributed by atoms with Crippen LogP contribution in [0, 0.1) is 11.7 Å². The Bertz CT molecular complexity index is 1830. The maximum absolute atomic E-state index is 15.3. The summed E-state index contributed by atoms with van der Waals surface area (Å²) in [6.07, 6.45) is 1.98. The summed E-state index contributed by atoms with van der Waals surface area (Å²) in [5, 5.41) is 3.00. The number of benzene rings is 4. The van der Waals surface area contributed by atoms with Crippen molar-refractivity contribution in [2.75, 3.05) is 17.3 Å². The minimum Gasteiger partial charge on any atom is -0.497 e. The summed E-state index contributed by atoms with van der Waals surface area (Å²) in [5.41, 5.74) is 2.42. The maximum Gasteiger partial charge on any atom is 0.238 e. The van der Waals surface area contributed by atoms with E-state index in [2.05, 4.69) is 5.32 Å². The van der Waals surface area contributed by atoms with Crippen LogP contribution in [0.3, 0.4) is 0 Å². The van der Waals surface area contributed by atoms with Gasteiger partial charge in [-0.3, -0.25) is 14.4 Å². The summed E-state index contributed by atoms with van der Waals surface area (Å²) in [5.74, 6) is -2.81. The van der Waals surface area contributed by atoms with Crippen LogP contribution in [0.5, 0.6) is 5.75 Å². The molecule has 1 spiro atoms. The number of ether oxygens (including phenoxy) is 1. The molecule has 208 valence electrons. The molecule has 1 amide bonds. The number of anilines is 2. The zero-order valence-corrected chi connectivity index (χ0v) is 23.0. The molecule has 4 aromatic carbocycles. The molecule has 1 saturated heterocycles. The first-order valence-corrected chi connectivity index (χ1v) is 13.8. The van der Waals surface area contributed by atoms with E-state index in [0.717, 1.165) is 16.8 Å². The second-order valence-electron chi connectivity index (χ2n) is 11.0. The Morgan fingerprint density at radius 2 is 1.64 bits per heavy atom. The lowest BCUT2D eigenvalue weighted by Crippen LogP contribution is -2.51. The number of rotatable bonds is 5. The van der Waals surface area contributed by atoms with Gasteiger partial charge in [-0.25, -0.2) is 4.39 Å². The molecule has 3 heterocycles. The number of para-hydroxylation sites is 2. The SMILES string of the molecule is COc1cccc(C(=O)[C@H]2[C@@H](C(=O)c3ccccc3F)[C@]3(C(=O)Nc4ccccc43)[C@H]3C=C(C)c4ccccc4N23)c1. The maximum atomic E-state index is 15.3. The van der Waals surface area contributed by atoms with E-state index in [1.54, 1.807) is 36.4 Å². The first kappa shape index (κ1) is 25.9. The number of ketones is 2. The molecule has 7 heteroatoms. The van der Waals surface area contributed by atoms with Gasteiger partial charge >= 0.3 is 0 Å². The molecule has 0 bridgehead atoms. The molecule has 0 radical (unpaired) electrons. The van der Waals surface area contributed by atoms with Gasteiger partial charge in [-0.05, 0) is 54.5 Å². The average molecular weight is 559 g/mol. The van der Waals surface area contributed by atoms with Crippen molar-refractivity contribution >= 4 is 34.4 Å². The predicted molar refractivity (Wildman–Crippen MR) is 158 cm³/mol. The molecule has 0 aromatic heterocycles. The Labute approximate surface area is 242 Å². The number of allylic oxidation sites excluding steroid dienone is 1. The summed E-state index contributed by atoms with van der Waals surface area (Å²) in [6, 6.07) is 25.6. The van der Waals surface area contributed by atoms with Crippen LogP contribution >= 0.6 is 0 Å². The molecule has 0 saturated carbocycles. The molecule has 3 aliphatic heterocycles. The van der Waals surface area contributed by atoms with Gasteiger partial charge in [0.2, 0.25) is 5.91 Å². The summed E-state index contributed by atoms with van der Waals surface area (Å²) in [4.78, 5) is 45.8. The lowest BCUT2D eigenvalue weighted by molar-refractivity contribution is -0.121. The lowest BCUT2D eigenvalue weighted by atomic mass is 9.64. The highest BCUT2D eigenvalue weighted by Gasteiger charge is 2.70. The number of Topliss-reactive ketones (excluding diaryl/α,β-unsaturated/α-hetero) is 2. The number of fused-ring (bicyclic) bond motifs is 6. The van der Waals surface area contributed by atoms with Gasteiger partial charge in [0.1, 0.15) is 23.0 Å². The molecule has 3 aliphatic rings. The Kier molecular flexibility index (Phi) is 5.87. The number of nitrogens with one attached hydrogen (secondary N) is 1. The van der Waals surface area contributed by atoms with Gasteiger partial charge in [0.15, 0.2) is 11.6 Å². The molecule has 1 N–H and O–H groups in total. The number of methoxy groups -OCH3 is 1. The third-order valence-corrected chi connectivity index (χ3v) is 8.93. The van der Waals surface area contributed by atoms with Crippen molar-refractivity contribution in [3.05, 3.63) is 131 Å². The molecule has 42 heavy (non-hydrogen) atoms. The largest absolute Gasteiger partial charge is 0.497 e. The van der Waals surface area contributed by atoms with E-state index in [1.165, 1.54) is 25.3 Å². The smallest absolute Gasteiger partial charge is 0.238 e. The van der Waals surface area contributed by atoms with Gasteiger partial charge in [0, 0.05) is 22.5 Å². The van der Waals surface area contributed by atoms with Crippen molar-refractivity contribution in [1.29, 1.82) is 0 Å². The fourth-order valence-corrected chi connectivity index (χ4v) is 7.16. The normalized spacial score (nSPS) is 23.5. The van der Waals surface area contributed by atoms with E-state index in [-0.39, 0.29) is 11.3 Å². The van der Waals surface area contributed by atoms with Crippen molar-refractivity contribution in [3.8, 4) is 5.75 Å². The second-order valence-corrected chi connectivity index (χ2v) is 11.0. The lowest BCUT2D eigenvalue weighted by Gasteiger charge is -2.39. The molecule has 4 aromatic rings. The van der Waals surface area contributed by atoms with Gasteiger partial charge in [-0.2, -0.15) is 0 Å². The van der Waals surface area contributed by atoms with Crippen LogP contribution in [0.2, 0.25) is 0 Å². The second kappa shape index (κ2) is 9.52. The van der Waals surface area contributed by atoms with Crippen molar-refractivity contribution < 1.29 is 23.5 Å². The predicted octanol–water partition coefficient (Wildman–Crippen LogP) is 6.08. The highest BCUT2D eigenvalue weighted by atomic mass is 19.1. The Balaban J connectivity index is 1.56. The van der Waals surface area contributed by atoms with E-state index in [9.17, 15) is 14.4 Å². The third kappa shape index (κ3) is 3.46. The van der Waals surface area contributed by atoms with E-state index in [0.29, 0.717) is 22.6 Å². The number of carbonyl (C=O) groups is 3. The highest BCUT2D eigenvalue weighted by Crippen LogP contribution is 2.59. The number of halogens is 1. The number of hydrogen-bond donors (Lipinski definition) is 1. The molecule has 0 aliphatic carbocycles. The number of amides is 1. The van der Waals surface area contributed by atoms with Crippen LogP contribution in [0.4, 0.5) is 15.8 Å². The van der Waals surface area contributed by atoms with Gasteiger partial charge < -0.3 is 15.0 Å². The molecule has 0 unspecified atom stereocenters. The van der Waals surface area contributed by atoms with Gasteiger partial charge in [-0.1, -0.05) is 66.7 Å². The van der Waals surface area contributed by atoms with Crippen molar-refractivity contribution in [1.82, 2.24) is 0 Å². The minimum absolute atomic E-state index is 0.156. The molecule has 1 fully saturated rings. The fourth-order valence-electron chi connectivity index (χ4n) is 7.16. The third-order valence-electron chi connectivity index (χ3n) is 8.93. The first-order valence-electron chi connectivity index (χ1n) is 13.8.